The van der Waals surface area contributed by atoms with Crippen molar-refractivity contribution in [3.63, 3.8) is 0 Å². The van der Waals surface area contributed by atoms with Crippen LogP contribution in [-0.4, -0.2) is 17.4 Å². The molecule has 0 aliphatic rings. The van der Waals surface area contributed by atoms with E-state index in [0.29, 0.717) is 10.8 Å². The Balaban J connectivity index is 1.74. The first-order valence-electron chi connectivity index (χ1n) is 8.22. The lowest BCUT2D eigenvalue weighted by atomic mass is 10.1. The summed E-state index contributed by atoms with van der Waals surface area (Å²) in [6, 6.07) is 17.6. The fraction of sp³-hybridized carbons (Fsp3) is 0.190. The Morgan fingerprint density at radius 1 is 1.15 bits per heavy atom. The third kappa shape index (κ3) is 3.81. The lowest BCUT2D eigenvalue weighted by molar-refractivity contribution is -0.121. The second kappa shape index (κ2) is 7.94. The summed E-state index contributed by atoms with van der Waals surface area (Å²) in [4.78, 5) is 17.0. The van der Waals surface area contributed by atoms with Crippen molar-refractivity contribution in [1.82, 2.24) is 4.98 Å². The number of para-hydroxylation sites is 1. The molecule has 1 heterocycles. The van der Waals surface area contributed by atoms with E-state index in [0.717, 1.165) is 22.4 Å². The lowest BCUT2D eigenvalue weighted by Crippen LogP contribution is -2.19. The zero-order chi connectivity index (χ0) is 18.5. The molecule has 26 heavy (non-hydrogen) atoms. The molecule has 2 aromatic carbocycles. The second-order valence-corrected chi connectivity index (χ2v) is 6.86. The van der Waals surface area contributed by atoms with Crippen LogP contribution in [-0.2, 0) is 4.79 Å². The molecule has 0 spiro atoms. The molecule has 0 saturated carbocycles. The second-order valence-electron chi connectivity index (χ2n) is 5.98. The summed E-state index contributed by atoms with van der Waals surface area (Å²) in [6.45, 7) is 3.72. The number of nitrogens with zero attached hydrogens (tertiary/aromatic N) is 2. The van der Waals surface area contributed by atoms with Crippen LogP contribution >= 0.6 is 11.3 Å². The van der Waals surface area contributed by atoms with E-state index in [1.54, 1.807) is 0 Å². The maximum atomic E-state index is 12.5. The van der Waals surface area contributed by atoms with E-state index in [1.165, 1.54) is 11.3 Å². The summed E-state index contributed by atoms with van der Waals surface area (Å²) in [6.07, 6.45) is 0. The molecule has 4 nitrogen and oxygen atoms in total. The summed E-state index contributed by atoms with van der Waals surface area (Å²) < 4.78 is 5.70. The number of hydrogen-bond acceptors (Lipinski definition) is 5. The molecule has 3 aromatic rings. The summed E-state index contributed by atoms with van der Waals surface area (Å²) in [5.41, 5.74) is 3.67. The van der Waals surface area contributed by atoms with Crippen molar-refractivity contribution in [1.29, 1.82) is 5.26 Å². The SMILES string of the molecule is Cc1cccc(C)c1OCC(=O)C(C#N)c1nc(-c2ccccc2)cs1. The van der Waals surface area contributed by atoms with Gasteiger partial charge in [-0.3, -0.25) is 4.79 Å². The minimum atomic E-state index is -0.915. The van der Waals surface area contributed by atoms with Gasteiger partial charge in [-0.05, 0) is 25.0 Å². The first-order valence-corrected chi connectivity index (χ1v) is 9.10. The van der Waals surface area contributed by atoms with Gasteiger partial charge in [0.15, 0.2) is 11.7 Å². The molecule has 0 amide bonds. The van der Waals surface area contributed by atoms with Gasteiger partial charge in [-0.1, -0.05) is 48.5 Å². The Kier molecular flexibility index (Phi) is 5.45. The van der Waals surface area contributed by atoms with E-state index < -0.39 is 5.92 Å². The number of benzene rings is 2. The quantitative estimate of drug-likeness (QED) is 0.638. The Morgan fingerprint density at radius 2 is 1.85 bits per heavy atom. The number of rotatable bonds is 6. The number of Topliss-reactive ketones (excluding diaryl/α,β-unsaturated/α-hetero) is 1. The molecule has 130 valence electrons. The Bertz CT molecular complexity index is 937. The van der Waals surface area contributed by atoms with E-state index in [-0.39, 0.29) is 12.4 Å². The normalized spacial score (nSPS) is 11.6. The standard InChI is InChI=1S/C21H18N2O2S/c1-14-7-6-8-15(2)20(14)25-12-19(24)17(11-22)21-23-18(13-26-21)16-9-4-3-5-10-16/h3-10,13,17H,12H2,1-2H3. The van der Waals surface area contributed by atoms with Crippen LogP contribution in [0.25, 0.3) is 11.3 Å². The van der Waals surface area contributed by atoms with Crippen LogP contribution in [0.2, 0.25) is 0 Å². The first-order chi connectivity index (χ1) is 12.6. The molecule has 1 atom stereocenters. The summed E-state index contributed by atoms with van der Waals surface area (Å²) >= 11 is 1.32. The fourth-order valence-electron chi connectivity index (χ4n) is 2.68. The van der Waals surface area contributed by atoms with Crippen molar-refractivity contribution < 1.29 is 9.53 Å². The fourth-order valence-corrected chi connectivity index (χ4v) is 3.57. The maximum Gasteiger partial charge on any atom is 0.194 e. The zero-order valence-corrected chi connectivity index (χ0v) is 15.4. The van der Waals surface area contributed by atoms with E-state index in [2.05, 4.69) is 11.1 Å². The molecule has 0 aliphatic heterocycles. The largest absolute Gasteiger partial charge is 0.485 e. The van der Waals surface area contributed by atoms with Gasteiger partial charge in [0.25, 0.3) is 0 Å². The Labute approximate surface area is 156 Å². The molecule has 3 rings (SSSR count). The van der Waals surface area contributed by atoms with Gasteiger partial charge in [0, 0.05) is 10.9 Å². The van der Waals surface area contributed by atoms with Crippen LogP contribution in [0.3, 0.4) is 0 Å². The molecular formula is C21H18N2O2S. The van der Waals surface area contributed by atoms with Crippen molar-refractivity contribution in [2.24, 2.45) is 0 Å². The minimum Gasteiger partial charge on any atom is -0.485 e. The third-order valence-corrected chi connectivity index (χ3v) is 4.97. The third-order valence-electron chi connectivity index (χ3n) is 4.06. The van der Waals surface area contributed by atoms with Gasteiger partial charge in [-0.2, -0.15) is 5.26 Å². The molecule has 0 fully saturated rings. The molecule has 5 heteroatoms. The topological polar surface area (TPSA) is 63.0 Å². The number of nitriles is 1. The summed E-state index contributed by atoms with van der Waals surface area (Å²) in [5.74, 6) is -0.507. The van der Waals surface area contributed by atoms with Crippen LogP contribution < -0.4 is 4.74 Å². The molecule has 1 unspecified atom stereocenters. The molecule has 0 N–H and O–H groups in total. The smallest absolute Gasteiger partial charge is 0.194 e. The average Bonchev–Trinajstić information content (AvgIpc) is 3.12. The van der Waals surface area contributed by atoms with Crippen molar-refractivity contribution in [2.45, 2.75) is 19.8 Å². The zero-order valence-electron chi connectivity index (χ0n) is 14.6. The molecule has 0 saturated heterocycles. The van der Waals surface area contributed by atoms with Gasteiger partial charge >= 0.3 is 0 Å². The van der Waals surface area contributed by atoms with Gasteiger partial charge in [0.05, 0.1) is 11.8 Å². The number of carbonyl (C=O) groups is 1. The Morgan fingerprint density at radius 3 is 2.50 bits per heavy atom. The van der Waals surface area contributed by atoms with Crippen LogP contribution in [0.15, 0.2) is 53.9 Å². The number of aromatic nitrogens is 1. The highest BCUT2D eigenvalue weighted by Gasteiger charge is 2.24. The molecule has 0 radical (unpaired) electrons. The lowest BCUT2D eigenvalue weighted by Gasteiger charge is -2.12. The molecule has 0 aliphatic carbocycles. The number of ether oxygens (including phenoxy) is 1. The molecular weight excluding hydrogens is 344 g/mol. The van der Waals surface area contributed by atoms with Crippen LogP contribution in [0.5, 0.6) is 5.75 Å². The van der Waals surface area contributed by atoms with Crippen molar-refractivity contribution in [3.05, 3.63) is 70.0 Å². The monoisotopic (exact) mass is 362 g/mol. The van der Waals surface area contributed by atoms with Crippen molar-refractivity contribution in [2.75, 3.05) is 6.61 Å². The van der Waals surface area contributed by atoms with Gasteiger partial charge in [0.1, 0.15) is 17.4 Å². The van der Waals surface area contributed by atoms with Gasteiger partial charge in [-0.15, -0.1) is 11.3 Å². The summed E-state index contributed by atoms with van der Waals surface area (Å²) in [5, 5.41) is 11.8. The van der Waals surface area contributed by atoms with E-state index in [9.17, 15) is 10.1 Å². The number of carbonyl (C=O) groups excluding carboxylic acids is 1. The van der Waals surface area contributed by atoms with E-state index in [1.807, 2.05) is 67.8 Å². The number of thiazole rings is 1. The predicted octanol–water partition coefficient (Wildman–Crippen LogP) is 4.68. The minimum absolute atomic E-state index is 0.149. The van der Waals surface area contributed by atoms with E-state index in [4.69, 9.17) is 4.74 Å². The first kappa shape index (κ1) is 17.8. The van der Waals surface area contributed by atoms with Crippen LogP contribution in [0.1, 0.15) is 22.1 Å². The highest BCUT2D eigenvalue weighted by molar-refractivity contribution is 7.10. The van der Waals surface area contributed by atoms with Gasteiger partial charge in [-0.25, -0.2) is 4.98 Å². The van der Waals surface area contributed by atoms with Crippen molar-refractivity contribution in [3.8, 4) is 23.1 Å². The average molecular weight is 362 g/mol. The van der Waals surface area contributed by atoms with Gasteiger partial charge in [0.2, 0.25) is 0 Å². The van der Waals surface area contributed by atoms with Gasteiger partial charge < -0.3 is 4.74 Å². The predicted molar refractivity (Wildman–Crippen MR) is 102 cm³/mol. The highest BCUT2D eigenvalue weighted by atomic mass is 32.1. The molecule has 1 aromatic heterocycles. The number of ketones is 1. The number of hydrogen-bond donors (Lipinski definition) is 0. The number of aryl methyl sites for hydroxylation is 2. The maximum absolute atomic E-state index is 12.5. The summed E-state index contributed by atoms with van der Waals surface area (Å²) in [7, 11) is 0. The van der Waals surface area contributed by atoms with Crippen LogP contribution in [0, 0.1) is 25.2 Å². The van der Waals surface area contributed by atoms with Crippen LogP contribution in [0.4, 0.5) is 0 Å². The highest BCUT2D eigenvalue weighted by Crippen LogP contribution is 2.28. The van der Waals surface area contributed by atoms with E-state index >= 15 is 0 Å². The van der Waals surface area contributed by atoms with Crippen molar-refractivity contribution >= 4 is 17.1 Å². The molecule has 0 bridgehead atoms. The Hall–Kier alpha value is -2.97.